The minimum Gasteiger partial charge on any atom is -0.493 e. The minimum atomic E-state index is -0.471. The topological polar surface area (TPSA) is 136 Å². The van der Waals surface area contributed by atoms with Gasteiger partial charge >= 0.3 is 0 Å². The van der Waals surface area contributed by atoms with Crippen molar-refractivity contribution in [3.63, 3.8) is 0 Å². The number of H-pyrrole nitrogens is 1. The molecule has 2 rings (SSSR count). The average Bonchev–Trinajstić information content (AvgIpc) is 2.94. The van der Waals surface area contributed by atoms with Crippen molar-refractivity contribution >= 4 is 17.5 Å². The molecule has 104 valence electrons. The van der Waals surface area contributed by atoms with Gasteiger partial charge in [-0.25, -0.2) is 0 Å². The predicted molar refractivity (Wildman–Crippen MR) is 67.9 cm³/mol. The molecule has 0 bridgehead atoms. The zero-order chi connectivity index (χ0) is 14.4. The molecule has 9 nitrogen and oxygen atoms in total. The van der Waals surface area contributed by atoms with Crippen molar-refractivity contribution in [2.24, 2.45) is 5.73 Å². The van der Waals surface area contributed by atoms with Gasteiger partial charge in [0, 0.05) is 5.69 Å². The van der Waals surface area contributed by atoms with Gasteiger partial charge in [-0.15, -0.1) is 10.2 Å². The number of ether oxygens (including phenoxy) is 1. The Morgan fingerprint density at radius 2 is 2.05 bits per heavy atom. The van der Waals surface area contributed by atoms with Crippen LogP contribution in [0.15, 0.2) is 24.3 Å². The molecule has 0 aliphatic rings. The van der Waals surface area contributed by atoms with Crippen molar-refractivity contribution in [2.75, 3.05) is 11.9 Å². The number of nitrogens with one attached hydrogen (secondary N) is 2. The number of rotatable bonds is 6. The summed E-state index contributed by atoms with van der Waals surface area (Å²) in [4.78, 5) is 22.2. The molecule has 1 heterocycles. The van der Waals surface area contributed by atoms with E-state index in [1.54, 1.807) is 24.3 Å². The number of tetrazole rings is 1. The summed E-state index contributed by atoms with van der Waals surface area (Å²) >= 11 is 0. The zero-order valence-electron chi connectivity index (χ0n) is 10.4. The lowest BCUT2D eigenvalue weighted by Crippen LogP contribution is -2.15. The van der Waals surface area contributed by atoms with Gasteiger partial charge in [-0.3, -0.25) is 9.59 Å². The Morgan fingerprint density at radius 3 is 2.65 bits per heavy atom. The first-order chi connectivity index (χ1) is 9.65. The SMILES string of the molecule is NC(=O)CCOc1ccc(NC(=O)c2nn[nH]n2)cc1. The molecule has 9 heteroatoms. The van der Waals surface area contributed by atoms with Crippen LogP contribution in [0.2, 0.25) is 0 Å². The maximum atomic E-state index is 11.6. The summed E-state index contributed by atoms with van der Waals surface area (Å²) < 4.78 is 5.30. The molecule has 1 aromatic carbocycles. The van der Waals surface area contributed by atoms with E-state index < -0.39 is 11.8 Å². The molecule has 0 atom stereocenters. The van der Waals surface area contributed by atoms with E-state index in [0.29, 0.717) is 11.4 Å². The second-order valence-electron chi connectivity index (χ2n) is 3.78. The normalized spacial score (nSPS) is 10.0. The van der Waals surface area contributed by atoms with Crippen LogP contribution in [0.3, 0.4) is 0 Å². The highest BCUT2D eigenvalue weighted by Gasteiger charge is 2.10. The largest absolute Gasteiger partial charge is 0.493 e. The van der Waals surface area contributed by atoms with Gasteiger partial charge in [-0.05, 0) is 29.5 Å². The Hall–Kier alpha value is -2.97. The Balaban J connectivity index is 1.88. The van der Waals surface area contributed by atoms with Gasteiger partial charge in [0.25, 0.3) is 11.7 Å². The molecular formula is C11H12N6O3. The number of nitrogens with two attached hydrogens (primary N) is 1. The molecule has 0 unspecified atom stereocenters. The Labute approximate surface area is 113 Å². The summed E-state index contributed by atoms with van der Waals surface area (Å²) in [5, 5.41) is 15.2. The molecule has 0 saturated heterocycles. The van der Waals surface area contributed by atoms with Crippen LogP contribution in [-0.4, -0.2) is 39.0 Å². The monoisotopic (exact) mass is 276 g/mol. The van der Waals surface area contributed by atoms with Crippen LogP contribution in [0.5, 0.6) is 5.75 Å². The lowest BCUT2D eigenvalue weighted by molar-refractivity contribution is -0.118. The first-order valence-corrected chi connectivity index (χ1v) is 5.71. The molecular weight excluding hydrogens is 264 g/mol. The van der Waals surface area contributed by atoms with E-state index in [0.717, 1.165) is 0 Å². The van der Waals surface area contributed by atoms with E-state index in [9.17, 15) is 9.59 Å². The van der Waals surface area contributed by atoms with Gasteiger partial charge in [-0.2, -0.15) is 5.21 Å². The zero-order valence-corrected chi connectivity index (χ0v) is 10.4. The number of hydrogen-bond acceptors (Lipinski definition) is 6. The van der Waals surface area contributed by atoms with Crippen LogP contribution < -0.4 is 15.8 Å². The number of anilines is 1. The van der Waals surface area contributed by atoms with E-state index in [-0.39, 0.29) is 18.9 Å². The second-order valence-corrected chi connectivity index (χ2v) is 3.78. The minimum absolute atomic E-state index is 0.0493. The summed E-state index contributed by atoms with van der Waals surface area (Å²) in [6.45, 7) is 0.212. The molecule has 20 heavy (non-hydrogen) atoms. The summed E-state index contributed by atoms with van der Waals surface area (Å²) in [5.41, 5.74) is 5.55. The molecule has 0 aliphatic carbocycles. The van der Waals surface area contributed by atoms with Crippen molar-refractivity contribution in [1.82, 2.24) is 20.6 Å². The molecule has 0 fully saturated rings. The maximum absolute atomic E-state index is 11.6. The van der Waals surface area contributed by atoms with Crippen molar-refractivity contribution in [1.29, 1.82) is 0 Å². The molecule has 0 aliphatic heterocycles. The van der Waals surface area contributed by atoms with E-state index in [1.807, 2.05) is 0 Å². The fraction of sp³-hybridized carbons (Fsp3) is 0.182. The third kappa shape index (κ3) is 3.77. The van der Waals surface area contributed by atoms with E-state index in [4.69, 9.17) is 10.5 Å². The number of aromatic amines is 1. The number of aromatic nitrogens is 4. The molecule has 0 saturated carbocycles. The van der Waals surface area contributed by atoms with Gasteiger partial charge < -0.3 is 15.8 Å². The Kier molecular flexibility index (Phi) is 4.22. The molecule has 4 N–H and O–H groups in total. The lowest BCUT2D eigenvalue weighted by atomic mass is 10.3. The molecule has 2 aromatic rings. The van der Waals surface area contributed by atoms with Gasteiger partial charge in [0.1, 0.15) is 5.75 Å². The summed E-state index contributed by atoms with van der Waals surface area (Å²) in [6, 6.07) is 6.62. The lowest BCUT2D eigenvalue weighted by Gasteiger charge is -2.06. The summed E-state index contributed by atoms with van der Waals surface area (Å²) in [6.07, 6.45) is 0.149. The van der Waals surface area contributed by atoms with Crippen molar-refractivity contribution in [3.8, 4) is 5.75 Å². The van der Waals surface area contributed by atoms with Crippen LogP contribution in [0, 0.1) is 0 Å². The highest BCUT2D eigenvalue weighted by Crippen LogP contribution is 2.16. The Bertz CT molecular complexity index is 581. The van der Waals surface area contributed by atoms with Crippen LogP contribution in [0.4, 0.5) is 5.69 Å². The Morgan fingerprint density at radius 1 is 1.30 bits per heavy atom. The van der Waals surface area contributed by atoms with Gasteiger partial charge in [0.15, 0.2) is 0 Å². The fourth-order valence-electron chi connectivity index (χ4n) is 1.35. The summed E-state index contributed by atoms with van der Waals surface area (Å²) in [5.74, 6) is -0.370. The number of nitrogens with zero attached hydrogens (tertiary/aromatic N) is 3. The third-order valence-electron chi connectivity index (χ3n) is 2.28. The fourth-order valence-corrected chi connectivity index (χ4v) is 1.35. The van der Waals surface area contributed by atoms with Crippen LogP contribution in [0.1, 0.15) is 17.0 Å². The smallest absolute Gasteiger partial charge is 0.297 e. The van der Waals surface area contributed by atoms with E-state index in [2.05, 4.69) is 25.9 Å². The summed E-state index contributed by atoms with van der Waals surface area (Å²) in [7, 11) is 0. The van der Waals surface area contributed by atoms with E-state index >= 15 is 0 Å². The van der Waals surface area contributed by atoms with Crippen LogP contribution in [-0.2, 0) is 4.79 Å². The first-order valence-electron chi connectivity index (χ1n) is 5.71. The molecule has 0 spiro atoms. The van der Waals surface area contributed by atoms with Gasteiger partial charge in [-0.1, -0.05) is 0 Å². The molecule has 1 aromatic heterocycles. The number of hydrogen-bond donors (Lipinski definition) is 3. The average molecular weight is 276 g/mol. The van der Waals surface area contributed by atoms with E-state index in [1.165, 1.54) is 0 Å². The van der Waals surface area contributed by atoms with Crippen LogP contribution in [0.25, 0.3) is 0 Å². The number of carbonyl (C=O) groups excluding carboxylic acids is 2. The highest BCUT2D eigenvalue weighted by molar-refractivity contribution is 6.01. The van der Waals surface area contributed by atoms with Gasteiger partial charge in [0.2, 0.25) is 5.91 Å². The van der Waals surface area contributed by atoms with Crippen molar-refractivity contribution < 1.29 is 14.3 Å². The number of carbonyl (C=O) groups is 2. The number of primary amides is 1. The van der Waals surface area contributed by atoms with Gasteiger partial charge in [0.05, 0.1) is 13.0 Å². The number of benzene rings is 1. The third-order valence-corrected chi connectivity index (χ3v) is 2.28. The quantitative estimate of drug-likeness (QED) is 0.663. The second kappa shape index (κ2) is 6.27. The number of amides is 2. The van der Waals surface area contributed by atoms with Crippen molar-refractivity contribution in [2.45, 2.75) is 6.42 Å². The maximum Gasteiger partial charge on any atom is 0.297 e. The molecule has 0 radical (unpaired) electrons. The predicted octanol–water partition coefficient (Wildman–Crippen LogP) is -0.294. The van der Waals surface area contributed by atoms with Crippen LogP contribution >= 0.6 is 0 Å². The molecule has 2 amide bonds. The standard InChI is InChI=1S/C11H12N6O3/c12-9(18)5-6-20-8-3-1-7(2-4-8)13-11(19)10-14-16-17-15-10/h1-4H,5-6H2,(H2,12,18)(H,13,19)(H,14,15,16,17). The first kappa shape index (κ1) is 13.5. The van der Waals surface area contributed by atoms with Crippen molar-refractivity contribution in [3.05, 3.63) is 30.1 Å². The highest BCUT2D eigenvalue weighted by atomic mass is 16.5.